The molecule has 0 aromatic rings. The Morgan fingerprint density at radius 1 is 1.25 bits per heavy atom. The summed E-state index contributed by atoms with van der Waals surface area (Å²) in [5, 5.41) is 5.44. The molecule has 5 heteroatoms. The molecule has 90 valence electrons. The number of piperidine rings is 1. The van der Waals surface area contributed by atoms with Gasteiger partial charge in [0, 0.05) is 13.1 Å². The minimum Gasteiger partial charge on any atom is -0.304 e. The van der Waals surface area contributed by atoms with Crippen molar-refractivity contribution in [1.82, 2.24) is 15.5 Å². The zero-order chi connectivity index (χ0) is 11.4. The van der Waals surface area contributed by atoms with Gasteiger partial charge in [0.1, 0.15) is 0 Å². The van der Waals surface area contributed by atoms with E-state index < -0.39 is 0 Å². The Hall–Kier alpha value is -0.940. The average Bonchev–Trinajstić information content (AvgIpc) is 2.59. The third-order valence-electron chi connectivity index (χ3n) is 3.24. The first-order valence-electron chi connectivity index (χ1n) is 6.05. The number of nitrogens with zero attached hydrogens (tertiary/aromatic N) is 1. The van der Waals surface area contributed by atoms with Crippen molar-refractivity contribution in [2.75, 3.05) is 26.2 Å². The van der Waals surface area contributed by atoms with Gasteiger partial charge >= 0.3 is 0 Å². The van der Waals surface area contributed by atoms with Crippen molar-refractivity contribution in [3.8, 4) is 0 Å². The minimum atomic E-state index is -0.308. The van der Waals surface area contributed by atoms with E-state index in [1.54, 1.807) is 0 Å². The smallest absolute Gasteiger partial charge is 0.244 e. The van der Waals surface area contributed by atoms with E-state index in [-0.39, 0.29) is 17.9 Å². The first kappa shape index (κ1) is 11.5. The molecule has 0 spiro atoms. The molecule has 0 aromatic heterocycles. The topological polar surface area (TPSA) is 61.4 Å². The Kier molecular flexibility index (Phi) is 3.90. The molecule has 0 aromatic carbocycles. The van der Waals surface area contributed by atoms with Crippen molar-refractivity contribution >= 4 is 11.8 Å². The van der Waals surface area contributed by atoms with Crippen molar-refractivity contribution in [2.45, 2.75) is 31.7 Å². The molecule has 2 rings (SSSR count). The molecule has 2 aliphatic heterocycles. The first-order chi connectivity index (χ1) is 7.75. The van der Waals surface area contributed by atoms with Crippen LogP contribution in [-0.4, -0.2) is 48.9 Å². The lowest BCUT2D eigenvalue weighted by Crippen LogP contribution is -2.42. The molecule has 2 heterocycles. The highest BCUT2D eigenvalue weighted by molar-refractivity contribution is 6.05. The number of carbonyl (C=O) groups excluding carboxylic acids is 2. The van der Waals surface area contributed by atoms with Crippen LogP contribution in [0, 0.1) is 0 Å². The number of hydrogen-bond donors (Lipinski definition) is 2. The Bertz CT molecular complexity index is 274. The molecule has 1 unspecified atom stereocenters. The van der Waals surface area contributed by atoms with Crippen molar-refractivity contribution in [1.29, 1.82) is 0 Å². The molecule has 2 N–H and O–H groups in total. The van der Waals surface area contributed by atoms with Crippen molar-refractivity contribution < 1.29 is 9.59 Å². The quantitative estimate of drug-likeness (QED) is 0.632. The zero-order valence-corrected chi connectivity index (χ0v) is 9.50. The summed E-state index contributed by atoms with van der Waals surface area (Å²) in [6.45, 7) is 4.08. The third kappa shape index (κ3) is 3.02. The van der Waals surface area contributed by atoms with E-state index in [4.69, 9.17) is 0 Å². The summed E-state index contributed by atoms with van der Waals surface area (Å²) in [7, 11) is 0. The molecule has 0 saturated carbocycles. The highest BCUT2D eigenvalue weighted by Crippen LogP contribution is 2.07. The van der Waals surface area contributed by atoms with Crippen molar-refractivity contribution in [3.63, 3.8) is 0 Å². The molecule has 2 saturated heterocycles. The van der Waals surface area contributed by atoms with E-state index in [0.29, 0.717) is 6.42 Å². The lowest BCUT2D eigenvalue weighted by Gasteiger charge is -2.26. The fraction of sp³-hybridized carbons (Fsp3) is 0.818. The number of nitrogens with one attached hydrogen (secondary N) is 2. The van der Waals surface area contributed by atoms with E-state index >= 15 is 0 Å². The molecular formula is C11H19N3O2. The predicted molar refractivity (Wildman–Crippen MR) is 59.8 cm³/mol. The summed E-state index contributed by atoms with van der Waals surface area (Å²) in [4.78, 5) is 24.6. The van der Waals surface area contributed by atoms with Crippen LogP contribution in [0.15, 0.2) is 0 Å². The van der Waals surface area contributed by atoms with Gasteiger partial charge in [0.2, 0.25) is 11.8 Å². The van der Waals surface area contributed by atoms with Gasteiger partial charge in [-0.2, -0.15) is 0 Å². The van der Waals surface area contributed by atoms with Crippen LogP contribution < -0.4 is 10.6 Å². The van der Waals surface area contributed by atoms with Crippen LogP contribution in [0.4, 0.5) is 0 Å². The number of hydrogen-bond acceptors (Lipinski definition) is 4. The largest absolute Gasteiger partial charge is 0.304 e. The maximum atomic E-state index is 11.3. The Labute approximate surface area is 95.6 Å². The molecule has 2 aliphatic rings. The Morgan fingerprint density at radius 2 is 2.00 bits per heavy atom. The second kappa shape index (κ2) is 5.41. The fourth-order valence-electron chi connectivity index (χ4n) is 2.30. The van der Waals surface area contributed by atoms with E-state index in [0.717, 1.165) is 26.2 Å². The van der Waals surface area contributed by atoms with Crippen LogP contribution in [0.2, 0.25) is 0 Å². The second-order valence-electron chi connectivity index (χ2n) is 4.53. The first-order valence-corrected chi connectivity index (χ1v) is 6.05. The highest BCUT2D eigenvalue weighted by Gasteiger charge is 2.29. The Morgan fingerprint density at radius 3 is 2.62 bits per heavy atom. The van der Waals surface area contributed by atoms with Crippen LogP contribution in [0.1, 0.15) is 25.7 Å². The minimum absolute atomic E-state index is 0.166. The van der Waals surface area contributed by atoms with Gasteiger partial charge in [-0.3, -0.25) is 14.9 Å². The second-order valence-corrected chi connectivity index (χ2v) is 4.53. The summed E-state index contributed by atoms with van der Waals surface area (Å²) in [6, 6.07) is -0.308. The Balaban J connectivity index is 1.64. The number of amides is 2. The van der Waals surface area contributed by atoms with E-state index in [2.05, 4.69) is 15.5 Å². The highest BCUT2D eigenvalue weighted by atomic mass is 16.2. The zero-order valence-electron chi connectivity index (χ0n) is 9.50. The van der Waals surface area contributed by atoms with E-state index in [9.17, 15) is 9.59 Å². The molecule has 2 amide bonds. The van der Waals surface area contributed by atoms with E-state index in [1.165, 1.54) is 19.3 Å². The van der Waals surface area contributed by atoms with Crippen LogP contribution in [0.3, 0.4) is 0 Å². The van der Waals surface area contributed by atoms with Gasteiger partial charge in [0.25, 0.3) is 0 Å². The SMILES string of the molecule is O=C1CC(NCCN2CCCCC2)C(=O)N1. The van der Waals surface area contributed by atoms with Crippen LogP contribution in [0.5, 0.6) is 0 Å². The molecular weight excluding hydrogens is 206 g/mol. The lowest BCUT2D eigenvalue weighted by molar-refractivity contribution is -0.125. The third-order valence-corrected chi connectivity index (χ3v) is 3.24. The normalized spacial score (nSPS) is 27.1. The lowest BCUT2D eigenvalue weighted by atomic mass is 10.1. The molecule has 1 atom stereocenters. The van der Waals surface area contributed by atoms with Crippen molar-refractivity contribution in [3.05, 3.63) is 0 Å². The predicted octanol–water partition coefficient (Wildman–Crippen LogP) is -0.523. The van der Waals surface area contributed by atoms with Gasteiger partial charge in [-0.05, 0) is 25.9 Å². The fourth-order valence-corrected chi connectivity index (χ4v) is 2.30. The maximum Gasteiger partial charge on any atom is 0.244 e. The van der Waals surface area contributed by atoms with Gasteiger partial charge < -0.3 is 10.2 Å². The summed E-state index contributed by atoms with van der Waals surface area (Å²) in [5.41, 5.74) is 0. The number of rotatable bonds is 4. The van der Waals surface area contributed by atoms with Crippen LogP contribution >= 0.6 is 0 Å². The summed E-state index contributed by atoms with van der Waals surface area (Å²) in [6.07, 6.45) is 4.19. The van der Waals surface area contributed by atoms with Gasteiger partial charge in [0.05, 0.1) is 12.5 Å². The monoisotopic (exact) mass is 225 g/mol. The number of likely N-dealkylation sites (tertiary alicyclic amines) is 1. The molecule has 2 fully saturated rings. The van der Waals surface area contributed by atoms with E-state index in [1.807, 2.05) is 0 Å². The van der Waals surface area contributed by atoms with Crippen LogP contribution in [-0.2, 0) is 9.59 Å². The number of imide groups is 1. The average molecular weight is 225 g/mol. The molecule has 0 radical (unpaired) electrons. The van der Waals surface area contributed by atoms with Gasteiger partial charge in [0.15, 0.2) is 0 Å². The van der Waals surface area contributed by atoms with Crippen molar-refractivity contribution in [2.24, 2.45) is 0 Å². The molecule has 0 aliphatic carbocycles. The maximum absolute atomic E-state index is 11.3. The standard InChI is InChI=1S/C11H19N3O2/c15-10-8-9(11(16)13-10)12-4-7-14-5-2-1-3-6-14/h9,12H,1-8H2,(H,13,15,16). The summed E-state index contributed by atoms with van der Waals surface area (Å²) < 4.78 is 0. The van der Waals surface area contributed by atoms with Gasteiger partial charge in [-0.25, -0.2) is 0 Å². The van der Waals surface area contributed by atoms with Gasteiger partial charge in [-0.1, -0.05) is 6.42 Å². The van der Waals surface area contributed by atoms with Gasteiger partial charge in [-0.15, -0.1) is 0 Å². The summed E-state index contributed by atoms with van der Waals surface area (Å²) in [5.74, 6) is -0.343. The number of carbonyl (C=O) groups is 2. The van der Waals surface area contributed by atoms with Crippen LogP contribution in [0.25, 0.3) is 0 Å². The molecule has 16 heavy (non-hydrogen) atoms. The molecule has 5 nitrogen and oxygen atoms in total. The summed E-state index contributed by atoms with van der Waals surface area (Å²) >= 11 is 0. The molecule has 0 bridgehead atoms.